The van der Waals surface area contributed by atoms with Crippen LogP contribution in [0.4, 0.5) is 0 Å². The predicted molar refractivity (Wildman–Crippen MR) is 76.9 cm³/mol. The minimum absolute atomic E-state index is 0.424. The van der Waals surface area contributed by atoms with Gasteiger partial charge in [-0.25, -0.2) is 0 Å². The van der Waals surface area contributed by atoms with Crippen LogP contribution in [0.3, 0.4) is 0 Å². The second-order valence-corrected chi connectivity index (χ2v) is 4.33. The molecule has 0 N–H and O–H groups in total. The second-order valence-electron chi connectivity index (χ2n) is 4.33. The van der Waals surface area contributed by atoms with Crippen LogP contribution in [0.5, 0.6) is 5.75 Å². The molecule has 0 aliphatic carbocycles. The molecular formula is C17H18O. The fourth-order valence-electron chi connectivity index (χ4n) is 1.84. The van der Waals surface area contributed by atoms with Gasteiger partial charge in [0.15, 0.2) is 0 Å². The largest absolute Gasteiger partial charge is 0.497 e. The first kappa shape index (κ1) is 12.4. The van der Waals surface area contributed by atoms with Crippen molar-refractivity contribution in [3.8, 4) is 5.75 Å². The summed E-state index contributed by atoms with van der Waals surface area (Å²) >= 11 is 0. The van der Waals surface area contributed by atoms with Gasteiger partial charge in [0.05, 0.1) is 7.11 Å². The minimum Gasteiger partial charge on any atom is -0.497 e. The van der Waals surface area contributed by atoms with Crippen molar-refractivity contribution in [3.63, 3.8) is 0 Å². The molecule has 0 aromatic heterocycles. The maximum atomic E-state index is 5.14. The molecule has 2 rings (SSSR count). The first-order chi connectivity index (χ1) is 8.79. The Balaban J connectivity index is 2.06. The summed E-state index contributed by atoms with van der Waals surface area (Å²) in [4.78, 5) is 0. The molecule has 18 heavy (non-hydrogen) atoms. The SMILES string of the molecule is COc1ccc(/C=C/[C@@H](C)c2ccccc2)cc1. The van der Waals surface area contributed by atoms with Crippen LogP contribution >= 0.6 is 0 Å². The lowest BCUT2D eigenvalue weighted by molar-refractivity contribution is 0.415. The van der Waals surface area contributed by atoms with Crippen molar-refractivity contribution in [2.24, 2.45) is 0 Å². The van der Waals surface area contributed by atoms with Crippen molar-refractivity contribution >= 4 is 6.08 Å². The summed E-state index contributed by atoms with van der Waals surface area (Å²) in [5.41, 5.74) is 2.53. The highest BCUT2D eigenvalue weighted by Crippen LogP contribution is 2.18. The fourth-order valence-corrected chi connectivity index (χ4v) is 1.84. The Morgan fingerprint density at radius 2 is 1.61 bits per heavy atom. The predicted octanol–water partition coefficient (Wildman–Crippen LogP) is 4.51. The lowest BCUT2D eigenvalue weighted by Crippen LogP contribution is -1.87. The molecule has 0 aliphatic rings. The summed E-state index contributed by atoms with van der Waals surface area (Å²) in [7, 11) is 1.68. The van der Waals surface area contributed by atoms with E-state index in [2.05, 4.69) is 55.5 Å². The molecule has 0 bridgehead atoms. The molecule has 0 saturated heterocycles. The molecule has 0 fully saturated rings. The maximum absolute atomic E-state index is 5.14. The third kappa shape index (κ3) is 3.24. The average Bonchev–Trinajstić information content (AvgIpc) is 2.46. The summed E-state index contributed by atoms with van der Waals surface area (Å²) in [6.45, 7) is 2.20. The number of hydrogen-bond donors (Lipinski definition) is 0. The highest BCUT2D eigenvalue weighted by atomic mass is 16.5. The van der Waals surface area contributed by atoms with Crippen LogP contribution in [0, 0.1) is 0 Å². The van der Waals surface area contributed by atoms with Crippen molar-refractivity contribution in [1.82, 2.24) is 0 Å². The van der Waals surface area contributed by atoms with Gasteiger partial charge in [-0.2, -0.15) is 0 Å². The van der Waals surface area contributed by atoms with E-state index in [0.29, 0.717) is 5.92 Å². The summed E-state index contributed by atoms with van der Waals surface area (Å²) in [5.74, 6) is 1.32. The smallest absolute Gasteiger partial charge is 0.118 e. The number of hydrogen-bond acceptors (Lipinski definition) is 1. The molecule has 1 heteroatoms. The zero-order chi connectivity index (χ0) is 12.8. The van der Waals surface area contributed by atoms with Gasteiger partial charge in [0, 0.05) is 0 Å². The Labute approximate surface area is 109 Å². The Hall–Kier alpha value is -2.02. The fraction of sp³-hybridized carbons (Fsp3) is 0.176. The van der Waals surface area contributed by atoms with Crippen LogP contribution in [0.25, 0.3) is 6.08 Å². The van der Waals surface area contributed by atoms with Crippen molar-refractivity contribution < 1.29 is 4.74 Å². The van der Waals surface area contributed by atoms with Gasteiger partial charge < -0.3 is 4.74 Å². The first-order valence-corrected chi connectivity index (χ1v) is 6.17. The molecule has 0 spiro atoms. The van der Waals surface area contributed by atoms with E-state index in [-0.39, 0.29) is 0 Å². The van der Waals surface area contributed by atoms with E-state index < -0.39 is 0 Å². The van der Waals surface area contributed by atoms with Crippen LogP contribution in [0.1, 0.15) is 24.0 Å². The molecular weight excluding hydrogens is 220 g/mol. The monoisotopic (exact) mass is 238 g/mol. The normalized spacial score (nSPS) is 12.6. The van der Waals surface area contributed by atoms with Gasteiger partial charge in [-0.1, -0.05) is 61.5 Å². The van der Waals surface area contributed by atoms with Crippen LogP contribution in [-0.4, -0.2) is 7.11 Å². The van der Waals surface area contributed by atoms with Crippen molar-refractivity contribution in [1.29, 1.82) is 0 Å². The van der Waals surface area contributed by atoms with Crippen LogP contribution < -0.4 is 4.74 Å². The molecule has 1 nitrogen and oxygen atoms in total. The lowest BCUT2D eigenvalue weighted by atomic mass is 10.00. The zero-order valence-electron chi connectivity index (χ0n) is 10.8. The molecule has 0 heterocycles. The number of allylic oxidation sites excluding steroid dienone is 1. The molecule has 0 aliphatic heterocycles. The van der Waals surface area contributed by atoms with Gasteiger partial charge in [-0.15, -0.1) is 0 Å². The molecule has 0 unspecified atom stereocenters. The molecule has 0 amide bonds. The maximum Gasteiger partial charge on any atom is 0.118 e. The van der Waals surface area contributed by atoms with Gasteiger partial charge in [0.2, 0.25) is 0 Å². The van der Waals surface area contributed by atoms with E-state index in [0.717, 1.165) is 5.75 Å². The van der Waals surface area contributed by atoms with Gasteiger partial charge in [0.1, 0.15) is 5.75 Å². The van der Waals surface area contributed by atoms with E-state index in [1.807, 2.05) is 18.2 Å². The minimum atomic E-state index is 0.424. The Kier molecular flexibility index (Phi) is 4.19. The molecule has 2 aromatic rings. The van der Waals surface area contributed by atoms with Gasteiger partial charge in [0.25, 0.3) is 0 Å². The standard InChI is InChI=1S/C17H18O/c1-14(16-6-4-3-5-7-16)8-9-15-10-12-17(18-2)13-11-15/h3-14H,1-2H3/b9-8+/t14-/m1/s1. The van der Waals surface area contributed by atoms with Crippen molar-refractivity contribution in [2.75, 3.05) is 7.11 Å². The summed E-state index contributed by atoms with van der Waals surface area (Å²) in [6, 6.07) is 18.6. The van der Waals surface area contributed by atoms with E-state index in [1.54, 1.807) is 7.11 Å². The highest BCUT2D eigenvalue weighted by Gasteiger charge is 1.99. The van der Waals surface area contributed by atoms with E-state index in [4.69, 9.17) is 4.74 Å². The number of ether oxygens (including phenoxy) is 1. The second kappa shape index (κ2) is 6.06. The van der Waals surface area contributed by atoms with Gasteiger partial charge in [-0.3, -0.25) is 0 Å². The molecule has 0 radical (unpaired) electrons. The van der Waals surface area contributed by atoms with Crippen LogP contribution in [0.2, 0.25) is 0 Å². The topological polar surface area (TPSA) is 9.23 Å². The number of methoxy groups -OCH3 is 1. The third-order valence-electron chi connectivity index (χ3n) is 3.02. The van der Waals surface area contributed by atoms with E-state index in [9.17, 15) is 0 Å². The Bertz CT molecular complexity index is 497. The summed E-state index contributed by atoms with van der Waals surface area (Å²) in [5, 5.41) is 0. The van der Waals surface area contributed by atoms with E-state index >= 15 is 0 Å². The molecule has 0 saturated carbocycles. The lowest BCUT2D eigenvalue weighted by Gasteiger charge is -2.06. The summed E-state index contributed by atoms with van der Waals surface area (Å²) < 4.78 is 5.14. The highest BCUT2D eigenvalue weighted by molar-refractivity contribution is 5.52. The van der Waals surface area contributed by atoms with E-state index in [1.165, 1.54) is 11.1 Å². The molecule has 2 aromatic carbocycles. The Morgan fingerprint density at radius 1 is 0.944 bits per heavy atom. The number of benzene rings is 2. The third-order valence-corrected chi connectivity index (χ3v) is 3.02. The zero-order valence-corrected chi connectivity index (χ0v) is 10.8. The van der Waals surface area contributed by atoms with Crippen LogP contribution in [-0.2, 0) is 0 Å². The van der Waals surface area contributed by atoms with Gasteiger partial charge in [-0.05, 0) is 29.2 Å². The van der Waals surface area contributed by atoms with Crippen molar-refractivity contribution in [3.05, 3.63) is 71.8 Å². The summed E-state index contributed by atoms with van der Waals surface area (Å²) in [6.07, 6.45) is 4.37. The molecule has 92 valence electrons. The average molecular weight is 238 g/mol. The quantitative estimate of drug-likeness (QED) is 0.761. The first-order valence-electron chi connectivity index (χ1n) is 6.17. The molecule has 1 atom stereocenters. The van der Waals surface area contributed by atoms with Gasteiger partial charge >= 0.3 is 0 Å². The Morgan fingerprint density at radius 3 is 2.22 bits per heavy atom. The van der Waals surface area contributed by atoms with Crippen LogP contribution in [0.15, 0.2) is 60.7 Å². The number of rotatable bonds is 4. The van der Waals surface area contributed by atoms with Crippen molar-refractivity contribution in [2.45, 2.75) is 12.8 Å².